The van der Waals surface area contributed by atoms with Crippen LogP contribution in [-0.4, -0.2) is 76.9 Å². The highest BCUT2D eigenvalue weighted by atomic mass is 32.2. The molecular formula is C38H48N2O10S. The van der Waals surface area contributed by atoms with Gasteiger partial charge < -0.3 is 43.0 Å². The summed E-state index contributed by atoms with van der Waals surface area (Å²) in [6, 6.07) is 10.9. The smallest absolute Gasteiger partial charge is 0.307 e. The van der Waals surface area contributed by atoms with Gasteiger partial charge in [0.2, 0.25) is 16.4 Å². The summed E-state index contributed by atoms with van der Waals surface area (Å²) in [5.41, 5.74) is 1.87. The van der Waals surface area contributed by atoms with E-state index < -0.39 is 10.9 Å². The summed E-state index contributed by atoms with van der Waals surface area (Å²) in [4.78, 5) is 19.2. The lowest BCUT2D eigenvalue weighted by molar-refractivity contribution is -0.270. The number of ether oxygens (including phenoxy) is 8. The average molecular weight is 725 g/mol. The first-order valence-electron chi connectivity index (χ1n) is 17.0. The van der Waals surface area contributed by atoms with E-state index in [4.69, 9.17) is 37.9 Å². The molecule has 4 aromatic rings. The number of nitrogens with zero attached hydrogens (tertiary/aromatic N) is 2. The monoisotopic (exact) mass is 724 g/mol. The van der Waals surface area contributed by atoms with Crippen LogP contribution >= 0.6 is 0 Å². The van der Waals surface area contributed by atoms with Gasteiger partial charge in [0.1, 0.15) is 17.2 Å². The highest BCUT2D eigenvalue weighted by Gasteiger charge is 2.32. The summed E-state index contributed by atoms with van der Waals surface area (Å²) in [7, 11) is 8.59. The van der Waals surface area contributed by atoms with Crippen LogP contribution in [0.4, 0.5) is 0 Å². The van der Waals surface area contributed by atoms with E-state index in [9.17, 15) is 9.90 Å². The Hall–Kier alpha value is -4.33. The van der Waals surface area contributed by atoms with Crippen molar-refractivity contribution >= 4 is 21.9 Å². The van der Waals surface area contributed by atoms with E-state index >= 15 is 0 Å². The summed E-state index contributed by atoms with van der Waals surface area (Å²) in [5, 5.41) is 14.6. The average Bonchev–Trinajstić information content (AvgIpc) is 3.17. The Morgan fingerprint density at radius 1 is 0.745 bits per heavy atom. The topological polar surface area (TPSA) is 132 Å². The Balaban J connectivity index is 1.40. The molecular weight excluding hydrogens is 676 g/mol. The third kappa shape index (κ3) is 8.59. The van der Waals surface area contributed by atoms with Gasteiger partial charge in [0.15, 0.2) is 23.0 Å². The van der Waals surface area contributed by atoms with Crippen molar-refractivity contribution in [2.75, 3.05) is 67.4 Å². The fourth-order valence-electron chi connectivity index (χ4n) is 6.57. The lowest BCUT2D eigenvalue weighted by atomic mass is 9.95. The maximum absolute atomic E-state index is 14.4. The number of hydrogen-bond acceptors (Lipinski definition) is 11. The van der Waals surface area contributed by atoms with E-state index in [0.717, 1.165) is 43.2 Å². The SMILES string of the molecule is COc1cc(COCC[S+](CCOCc2cc(OC)c(OC)c(OC)c2)c2c([O-])c3cccnc3n(C3CCCCC3)c2=O)cc(OC)c1OC. The fourth-order valence-corrected chi connectivity index (χ4v) is 8.53. The molecule has 0 N–H and O–H groups in total. The minimum absolute atomic E-state index is 0.000940. The third-order valence-electron chi connectivity index (χ3n) is 9.04. The van der Waals surface area contributed by atoms with Crippen LogP contribution in [0.15, 0.2) is 52.3 Å². The van der Waals surface area contributed by atoms with Crippen LogP contribution in [0, 0.1) is 0 Å². The van der Waals surface area contributed by atoms with Gasteiger partial charge in [0, 0.05) is 28.5 Å². The Morgan fingerprint density at radius 2 is 1.24 bits per heavy atom. The van der Waals surface area contributed by atoms with E-state index in [1.165, 1.54) is 0 Å². The third-order valence-corrected chi connectivity index (χ3v) is 11.3. The van der Waals surface area contributed by atoms with Crippen molar-refractivity contribution in [3.05, 3.63) is 64.1 Å². The maximum atomic E-state index is 14.4. The number of methoxy groups -OCH3 is 6. The molecule has 0 bridgehead atoms. The summed E-state index contributed by atoms with van der Waals surface area (Å²) >= 11 is 0. The fraction of sp³-hybridized carbons (Fsp3) is 0.474. The summed E-state index contributed by atoms with van der Waals surface area (Å²) in [6.45, 7) is 1.15. The highest BCUT2D eigenvalue weighted by molar-refractivity contribution is 7.97. The van der Waals surface area contributed by atoms with Gasteiger partial charge in [-0.3, -0.25) is 9.36 Å². The first-order valence-corrected chi connectivity index (χ1v) is 18.6. The first-order chi connectivity index (χ1) is 24.9. The Labute approximate surface area is 301 Å². The van der Waals surface area contributed by atoms with E-state index in [2.05, 4.69) is 4.98 Å². The van der Waals surface area contributed by atoms with E-state index in [0.29, 0.717) is 70.2 Å². The summed E-state index contributed by atoms with van der Waals surface area (Å²) < 4.78 is 47.0. The predicted octanol–water partition coefficient (Wildman–Crippen LogP) is 5.44. The number of aromatic nitrogens is 2. The molecule has 0 radical (unpaired) electrons. The normalized spacial score (nSPS) is 13.4. The van der Waals surface area contributed by atoms with Gasteiger partial charge in [0.25, 0.3) is 0 Å². The number of pyridine rings is 2. The molecule has 1 fully saturated rings. The zero-order valence-electron chi connectivity index (χ0n) is 30.3. The molecule has 276 valence electrons. The second kappa shape index (κ2) is 18.2. The number of benzene rings is 2. The number of fused-ring (bicyclic) bond motifs is 1. The molecule has 5 rings (SSSR count). The molecule has 1 saturated carbocycles. The van der Waals surface area contributed by atoms with E-state index in [1.54, 1.807) is 65.6 Å². The zero-order chi connectivity index (χ0) is 36.3. The molecule has 0 spiro atoms. The van der Waals surface area contributed by atoms with Crippen molar-refractivity contribution in [2.45, 2.75) is 56.3 Å². The molecule has 0 amide bonds. The minimum Gasteiger partial charge on any atom is -0.868 e. The van der Waals surface area contributed by atoms with Gasteiger partial charge >= 0.3 is 5.56 Å². The van der Waals surface area contributed by atoms with E-state index in [-0.39, 0.29) is 35.5 Å². The van der Waals surface area contributed by atoms with Gasteiger partial charge in [0.05, 0.1) is 69.1 Å². The van der Waals surface area contributed by atoms with Crippen LogP contribution in [0.2, 0.25) is 0 Å². The van der Waals surface area contributed by atoms with Crippen molar-refractivity contribution in [1.29, 1.82) is 0 Å². The van der Waals surface area contributed by atoms with Gasteiger partial charge in [-0.1, -0.05) is 25.3 Å². The van der Waals surface area contributed by atoms with Gasteiger partial charge in [-0.15, -0.1) is 0 Å². The Kier molecular flexibility index (Phi) is 13.6. The Bertz CT molecular complexity index is 1700. The molecule has 12 nitrogen and oxygen atoms in total. The summed E-state index contributed by atoms with van der Waals surface area (Å²) in [5.74, 6) is 3.77. The summed E-state index contributed by atoms with van der Waals surface area (Å²) in [6.07, 6.45) is 6.62. The second-order valence-electron chi connectivity index (χ2n) is 12.1. The molecule has 13 heteroatoms. The maximum Gasteiger partial charge on any atom is 0.307 e. The van der Waals surface area contributed by atoms with Crippen LogP contribution < -0.4 is 39.1 Å². The van der Waals surface area contributed by atoms with Crippen LogP contribution in [-0.2, 0) is 33.6 Å². The largest absolute Gasteiger partial charge is 0.868 e. The lowest BCUT2D eigenvalue weighted by Crippen LogP contribution is -2.35. The quantitative estimate of drug-likeness (QED) is 0.0961. The van der Waals surface area contributed by atoms with Crippen molar-refractivity contribution in [1.82, 2.24) is 9.55 Å². The van der Waals surface area contributed by atoms with Crippen molar-refractivity contribution < 1.29 is 43.0 Å². The van der Waals surface area contributed by atoms with Gasteiger partial charge in [-0.25, -0.2) is 4.98 Å². The molecule has 51 heavy (non-hydrogen) atoms. The standard InChI is InChI=1S/C38H48N2O10S/c1-43-29-19-25(20-30(44-2)34(29)47-5)23-49-15-17-51(18-16-50-24-26-21-31(45-3)35(48-6)32(22-26)46-4)36-33(41)28-13-10-14-39-37(28)40(38(36)42)27-11-8-7-9-12-27/h10,13-14,19-22,27H,7-9,11-12,15-18,23-24H2,1-6H3. The zero-order valence-corrected chi connectivity index (χ0v) is 31.1. The van der Waals surface area contributed by atoms with Crippen molar-refractivity contribution in [2.24, 2.45) is 0 Å². The molecule has 1 aliphatic rings. The molecule has 0 unspecified atom stereocenters. The molecule has 1 aliphatic carbocycles. The van der Waals surface area contributed by atoms with Crippen molar-refractivity contribution in [3.8, 4) is 40.2 Å². The van der Waals surface area contributed by atoms with Crippen LogP contribution in [0.3, 0.4) is 0 Å². The molecule has 2 heterocycles. The first kappa shape index (κ1) is 37.9. The number of rotatable bonds is 18. The van der Waals surface area contributed by atoms with Crippen LogP contribution in [0.1, 0.15) is 49.3 Å². The number of hydrogen-bond donors (Lipinski definition) is 0. The van der Waals surface area contributed by atoms with Gasteiger partial charge in [-0.05, 0) is 60.0 Å². The Morgan fingerprint density at radius 3 is 1.69 bits per heavy atom. The highest BCUT2D eigenvalue weighted by Crippen LogP contribution is 2.40. The van der Waals surface area contributed by atoms with E-state index in [1.807, 2.05) is 24.3 Å². The second-order valence-corrected chi connectivity index (χ2v) is 14.3. The van der Waals surface area contributed by atoms with Crippen LogP contribution in [0.25, 0.3) is 11.0 Å². The minimum atomic E-state index is -0.794. The molecule has 2 aromatic heterocycles. The lowest BCUT2D eigenvalue weighted by Gasteiger charge is -2.27. The van der Waals surface area contributed by atoms with Gasteiger partial charge in [-0.2, -0.15) is 0 Å². The van der Waals surface area contributed by atoms with Crippen LogP contribution in [0.5, 0.6) is 40.2 Å². The molecule has 0 atom stereocenters. The van der Waals surface area contributed by atoms with Crippen molar-refractivity contribution in [3.63, 3.8) is 0 Å². The predicted molar refractivity (Wildman–Crippen MR) is 194 cm³/mol. The molecule has 2 aromatic carbocycles. The molecule has 0 aliphatic heterocycles. The molecule has 0 saturated heterocycles.